The molecule has 0 aromatic heterocycles. The first-order valence-corrected chi connectivity index (χ1v) is 9.06. The number of urea groups is 1. The Balaban J connectivity index is 1.46. The second kappa shape index (κ2) is 8.13. The van der Waals surface area contributed by atoms with E-state index in [1.165, 1.54) is 16.8 Å². The lowest BCUT2D eigenvalue weighted by Crippen LogP contribution is -2.34. The molecule has 1 atom stereocenters. The van der Waals surface area contributed by atoms with Crippen molar-refractivity contribution in [2.45, 2.75) is 20.3 Å². The van der Waals surface area contributed by atoms with E-state index >= 15 is 0 Å². The highest BCUT2D eigenvalue weighted by Gasteiger charge is 2.23. The molecule has 0 unspecified atom stereocenters. The van der Waals surface area contributed by atoms with Gasteiger partial charge in [-0.25, -0.2) is 4.79 Å². The Kier molecular flexibility index (Phi) is 5.66. The smallest absolute Gasteiger partial charge is 0.319 e. The van der Waals surface area contributed by atoms with E-state index in [0.717, 1.165) is 30.9 Å². The first kappa shape index (κ1) is 18.1. The molecule has 2 N–H and O–H groups in total. The third-order valence-corrected chi connectivity index (χ3v) is 5.04. The number of nitrogens with one attached hydrogen (secondary N) is 2. The zero-order chi connectivity index (χ0) is 18.5. The van der Waals surface area contributed by atoms with Gasteiger partial charge in [0.1, 0.15) is 5.75 Å². The number of carbonyl (C=O) groups is 1. The third-order valence-electron chi connectivity index (χ3n) is 5.04. The Morgan fingerprint density at radius 1 is 1.15 bits per heavy atom. The highest BCUT2D eigenvalue weighted by Crippen LogP contribution is 2.25. The minimum atomic E-state index is -0.142. The fourth-order valence-electron chi connectivity index (χ4n) is 3.26. The Morgan fingerprint density at radius 2 is 1.92 bits per heavy atom. The van der Waals surface area contributed by atoms with Gasteiger partial charge in [0.25, 0.3) is 0 Å². The largest absolute Gasteiger partial charge is 0.497 e. The molecule has 2 aromatic rings. The van der Waals surface area contributed by atoms with Crippen LogP contribution in [0.4, 0.5) is 16.2 Å². The van der Waals surface area contributed by atoms with Crippen LogP contribution < -0.4 is 20.3 Å². The first-order valence-electron chi connectivity index (χ1n) is 9.06. The second-order valence-corrected chi connectivity index (χ2v) is 6.93. The molecule has 0 bridgehead atoms. The average Bonchev–Trinajstić information content (AvgIpc) is 3.12. The van der Waals surface area contributed by atoms with Crippen LogP contribution in [0.2, 0.25) is 0 Å². The zero-order valence-electron chi connectivity index (χ0n) is 15.7. The van der Waals surface area contributed by atoms with Crippen molar-refractivity contribution >= 4 is 17.4 Å². The lowest BCUT2D eigenvalue weighted by atomic mass is 10.1. The van der Waals surface area contributed by atoms with Gasteiger partial charge >= 0.3 is 6.03 Å². The van der Waals surface area contributed by atoms with Gasteiger partial charge in [-0.05, 0) is 73.7 Å². The summed E-state index contributed by atoms with van der Waals surface area (Å²) in [4.78, 5) is 14.5. The van der Waals surface area contributed by atoms with E-state index in [-0.39, 0.29) is 6.03 Å². The molecule has 5 nitrogen and oxygen atoms in total. The molecule has 0 saturated carbocycles. The van der Waals surface area contributed by atoms with Crippen LogP contribution in [0.15, 0.2) is 42.5 Å². The monoisotopic (exact) mass is 353 g/mol. The fraction of sp³-hybridized carbons (Fsp3) is 0.381. The Bertz CT molecular complexity index is 758. The number of rotatable bonds is 5. The van der Waals surface area contributed by atoms with Crippen molar-refractivity contribution in [1.29, 1.82) is 0 Å². The number of carbonyl (C=O) groups excluding carboxylic acids is 1. The number of ether oxygens (including phenoxy) is 1. The predicted molar refractivity (Wildman–Crippen MR) is 106 cm³/mol. The molecule has 3 rings (SSSR count). The molecule has 1 aliphatic heterocycles. The number of aryl methyl sites for hydroxylation is 2. The van der Waals surface area contributed by atoms with Gasteiger partial charge in [-0.2, -0.15) is 0 Å². The van der Waals surface area contributed by atoms with E-state index in [1.807, 2.05) is 37.3 Å². The lowest BCUT2D eigenvalue weighted by Gasteiger charge is -2.19. The van der Waals surface area contributed by atoms with Gasteiger partial charge in [0.05, 0.1) is 7.11 Å². The lowest BCUT2D eigenvalue weighted by molar-refractivity contribution is 0.250. The van der Waals surface area contributed by atoms with Crippen LogP contribution in [0.5, 0.6) is 5.75 Å². The van der Waals surface area contributed by atoms with Crippen molar-refractivity contribution in [3.63, 3.8) is 0 Å². The summed E-state index contributed by atoms with van der Waals surface area (Å²) in [7, 11) is 1.68. The van der Waals surface area contributed by atoms with Crippen molar-refractivity contribution in [2.75, 3.05) is 37.0 Å². The van der Waals surface area contributed by atoms with E-state index in [0.29, 0.717) is 12.5 Å². The number of amides is 2. The van der Waals surface area contributed by atoms with E-state index < -0.39 is 0 Å². The van der Waals surface area contributed by atoms with E-state index in [2.05, 4.69) is 34.6 Å². The van der Waals surface area contributed by atoms with E-state index in [4.69, 9.17) is 4.74 Å². The van der Waals surface area contributed by atoms with E-state index in [9.17, 15) is 4.79 Å². The predicted octanol–water partition coefficient (Wildman–Crippen LogP) is 3.96. The quantitative estimate of drug-likeness (QED) is 0.855. The topological polar surface area (TPSA) is 53.6 Å². The molecule has 26 heavy (non-hydrogen) atoms. The van der Waals surface area contributed by atoms with Gasteiger partial charge < -0.3 is 20.3 Å². The number of hydrogen-bond donors (Lipinski definition) is 2. The number of hydrogen-bond acceptors (Lipinski definition) is 3. The van der Waals surface area contributed by atoms with Gasteiger partial charge in [-0.3, -0.25) is 0 Å². The van der Waals surface area contributed by atoms with Crippen LogP contribution in [-0.4, -0.2) is 32.8 Å². The molecule has 2 aromatic carbocycles. The van der Waals surface area contributed by atoms with Crippen molar-refractivity contribution in [3.05, 3.63) is 53.6 Å². The van der Waals surface area contributed by atoms with Gasteiger partial charge in [0.2, 0.25) is 0 Å². The maximum atomic E-state index is 12.1. The standard InChI is InChI=1S/C21H27N3O2/c1-15-4-5-18(12-16(15)2)23-21(25)22-13-17-10-11-24(14-17)19-6-8-20(26-3)9-7-19/h4-9,12,17H,10-11,13-14H2,1-3H3,(H2,22,23,25)/t17-/m1/s1. The number of anilines is 2. The summed E-state index contributed by atoms with van der Waals surface area (Å²) in [6, 6.07) is 13.9. The summed E-state index contributed by atoms with van der Waals surface area (Å²) in [6.07, 6.45) is 1.08. The van der Waals surface area contributed by atoms with Crippen molar-refractivity contribution in [1.82, 2.24) is 5.32 Å². The van der Waals surface area contributed by atoms with Gasteiger partial charge in [-0.1, -0.05) is 6.07 Å². The summed E-state index contributed by atoms with van der Waals surface area (Å²) in [5, 5.41) is 5.91. The molecule has 1 aliphatic rings. The number of benzene rings is 2. The molecule has 1 fully saturated rings. The van der Waals surface area contributed by atoms with Gasteiger partial charge in [-0.15, -0.1) is 0 Å². The van der Waals surface area contributed by atoms with Crippen LogP contribution in [-0.2, 0) is 0 Å². The zero-order valence-corrected chi connectivity index (χ0v) is 15.7. The first-order chi connectivity index (χ1) is 12.5. The van der Waals surface area contributed by atoms with Gasteiger partial charge in [0.15, 0.2) is 0 Å². The Labute approximate surface area is 155 Å². The van der Waals surface area contributed by atoms with Crippen molar-refractivity contribution < 1.29 is 9.53 Å². The molecule has 1 heterocycles. The Morgan fingerprint density at radius 3 is 2.62 bits per heavy atom. The molecule has 138 valence electrons. The summed E-state index contributed by atoms with van der Waals surface area (Å²) < 4.78 is 5.21. The highest BCUT2D eigenvalue weighted by molar-refractivity contribution is 5.89. The van der Waals surface area contributed by atoms with Crippen molar-refractivity contribution in [3.8, 4) is 5.75 Å². The summed E-state index contributed by atoms with van der Waals surface area (Å²) in [5.74, 6) is 1.33. The molecule has 0 spiro atoms. The van der Waals surface area contributed by atoms with E-state index in [1.54, 1.807) is 7.11 Å². The minimum absolute atomic E-state index is 0.142. The second-order valence-electron chi connectivity index (χ2n) is 6.93. The molecular weight excluding hydrogens is 326 g/mol. The summed E-state index contributed by atoms with van der Waals surface area (Å²) in [5.41, 5.74) is 4.43. The van der Waals surface area contributed by atoms with Crippen molar-refractivity contribution in [2.24, 2.45) is 5.92 Å². The van der Waals surface area contributed by atoms with Crippen LogP contribution in [0.3, 0.4) is 0 Å². The SMILES string of the molecule is COc1ccc(N2CC[C@H](CNC(=O)Nc3ccc(C)c(C)c3)C2)cc1. The van der Waals surface area contributed by atoms with Crippen LogP contribution in [0.25, 0.3) is 0 Å². The average molecular weight is 353 g/mol. The molecule has 0 radical (unpaired) electrons. The highest BCUT2D eigenvalue weighted by atomic mass is 16.5. The van der Waals surface area contributed by atoms with Crippen LogP contribution in [0, 0.1) is 19.8 Å². The molecule has 2 amide bonds. The normalized spacial score (nSPS) is 16.4. The summed E-state index contributed by atoms with van der Waals surface area (Å²) in [6.45, 7) is 6.76. The fourth-order valence-corrected chi connectivity index (χ4v) is 3.26. The number of methoxy groups -OCH3 is 1. The Hall–Kier alpha value is -2.69. The third kappa shape index (κ3) is 4.48. The summed E-state index contributed by atoms with van der Waals surface area (Å²) >= 11 is 0. The minimum Gasteiger partial charge on any atom is -0.497 e. The van der Waals surface area contributed by atoms with Crippen LogP contribution in [0.1, 0.15) is 17.5 Å². The molecule has 1 saturated heterocycles. The maximum Gasteiger partial charge on any atom is 0.319 e. The van der Waals surface area contributed by atoms with Crippen LogP contribution >= 0.6 is 0 Å². The molecular formula is C21H27N3O2. The molecule has 0 aliphatic carbocycles. The maximum absolute atomic E-state index is 12.1. The number of nitrogens with zero attached hydrogens (tertiary/aromatic N) is 1. The van der Waals surface area contributed by atoms with Gasteiger partial charge in [0, 0.05) is 31.0 Å². The molecule has 5 heteroatoms.